The molecule has 0 aliphatic heterocycles. The first-order valence-corrected chi connectivity index (χ1v) is 7.83. The van der Waals surface area contributed by atoms with Crippen molar-refractivity contribution in [2.45, 2.75) is 18.7 Å². The molecule has 19 heavy (non-hydrogen) atoms. The molecule has 0 saturated heterocycles. The third-order valence-electron chi connectivity index (χ3n) is 2.98. The van der Waals surface area contributed by atoms with Crippen LogP contribution in [0.1, 0.15) is 22.7 Å². The Hall–Kier alpha value is -0.960. The quantitative estimate of drug-likeness (QED) is 0.872. The summed E-state index contributed by atoms with van der Waals surface area (Å²) in [4.78, 5) is 0. The van der Waals surface area contributed by atoms with Crippen LogP contribution in [-0.4, -0.2) is 5.75 Å². The molecule has 0 bridgehead atoms. The lowest BCUT2D eigenvalue weighted by molar-refractivity contribution is 0.830. The number of hydrogen-bond acceptors (Lipinski definition) is 2. The summed E-state index contributed by atoms with van der Waals surface area (Å²) in [5.41, 5.74) is 9.84. The Morgan fingerprint density at radius 3 is 2.68 bits per heavy atom. The number of benzene rings is 2. The third-order valence-corrected chi connectivity index (χ3v) is 4.46. The highest BCUT2D eigenvalue weighted by atomic mass is 35.5. The number of nitrogens with two attached hydrogens (primary N) is 1. The highest BCUT2D eigenvalue weighted by Crippen LogP contribution is 2.24. The van der Waals surface area contributed by atoms with E-state index in [1.54, 1.807) is 0 Å². The van der Waals surface area contributed by atoms with Crippen LogP contribution in [0.3, 0.4) is 0 Å². The lowest BCUT2D eigenvalue weighted by atomic mass is 10.1. The summed E-state index contributed by atoms with van der Waals surface area (Å²) in [7, 11) is 0. The van der Waals surface area contributed by atoms with Crippen molar-refractivity contribution < 1.29 is 0 Å². The van der Waals surface area contributed by atoms with Gasteiger partial charge in [0, 0.05) is 22.6 Å². The van der Waals surface area contributed by atoms with E-state index < -0.39 is 0 Å². The van der Waals surface area contributed by atoms with Crippen molar-refractivity contribution in [3.63, 3.8) is 0 Å². The minimum Gasteiger partial charge on any atom is -0.323 e. The summed E-state index contributed by atoms with van der Waals surface area (Å²) in [5, 5.41) is 0.833. The van der Waals surface area contributed by atoms with Gasteiger partial charge in [0.1, 0.15) is 0 Å². The van der Waals surface area contributed by atoms with E-state index in [2.05, 4.69) is 37.3 Å². The van der Waals surface area contributed by atoms with Gasteiger partial charge < -0.3 is 5.73 Å². The van der Waals surface area contributed by atoms with Crippen molar-refractivity contribution >= 4 is 23.4 Å². The highest BCUT2D eigenvalue weighted by molar-refractivity contribution is 7.98. The summed E-state index contributed by atoms with van der Waals surface area (Å²) in [6.07, 6.45) is 0. The van der Waals surface area contributed by atoms with Gasteiger partial charge >= 0.3 is 0 Å². The Bertz CT molecular complexity index is 542. The van der Waals surface area contributed by atoms with E-state index >= 15 is 0 Å². The van der Waals surface area contributed by atoms with E-state index in [1.165, 1.54) is 16.7 Å². The molecule has 0 aromatic heterocycles. The summed E-state index contributed by atoms with van der Waals surface area (Å²) < 4.78 is 0. The fraction of sp³-hybridized carbons (Fsp3) is 0.250. The van der Waals surface area contributed by atoms with Crippen LogP contribution in [0.15, 0.2) is 48.5 Å². The summed E-state index contributed by atoms with van der Waals surface area (Å²) in [5.74, 6) is 1.80. The molecule has 0 aliphatic rings. The fourth-order valence-electron chi connectivity index (χ4n) is 1.91. The van der Waals surface area contributed by atoms with Crippen molar-refractivity contribution in [3.8, 4) is 0 Å². The van der Waals surface area contributed by atoms with E-state index in [-0.39, 0.29) is 6.04 Å². The topological polar surface area (TPSA) is 26.0 Å². The van der Waals surface area contributed by atoms with E-state index in [4.69, 9.17) is 17.3 Å². The maximum Gasteiger partial charge on any atom is 0.0446 e. The Morgan fingerprint density at radius 2 is 1.95 bits per heavy atom. The van der Waals surface area contributed by atoms with Gasteiger partial charge in [-0.05, 0) is 24.1 Å². The molecule has 0 saturated carbocycles. The Labute approximate surface area is 124 Å². The van der Waals surface area contributed by atoms with Crippen LogP contribution in [0.2, 0.25) is 5.02 Å². The molecule has 1 nitrogen and oxygen atoms in total. The van der Waals surface area contributed by atoms with Gasteiger partial charge in [-0.1, -0.05) is 59.6 Å². The number of hydrogen-bond donors (Lipinski definition) is 1. The zero-order chi connectivity index (χ0) is 13.7. The predicted molar refractivity (Wildman–Crippen MR) is 85.7 cm³/mol. The molecular weight excluding hydrogens is 274 g/mol. The lowest BCUT2D eigenvalue weighted by Crippen LogP contribution is -2.13. The first-order chi connectivity index (χ1) is 9.16. The van der Waals surface area contributed by atoms with Crippen molar-refractivity contribution in [1.29, 1.82) is 0 Å². The zero-order valence-electron chi connectivity index (χ0n) is 11.0. The minimum absolute atomic E-state index is 0.0763. The maximum absolute atomic E-state index is 6.21. The smallest absolute Gasteiger partial charge is 0.0446 e. The van der Waals surface area contributed by atoms with Gasteiger partial charge in [-0.2, -0.15) is 11.8 Å². The van der Waals surface area contributed by atoms with Crippen molar-refractivity contribution in [2.24, 2.45) is 5.73 Å². The van der Waals surface area contributed by atoms with Crippen LogP contribution < -0.4 is 5.73 Å². The lowest BCUT2D eigenvalue weighted by Gasteiger charge is -2.12. The van der Waals surface area contributed by atoms with E-state index in [0.29, 0.717) is 0 Å². The predicted octanol–water partition coefficient (Wildman–Crippen LogP) is 4.58. The third kappa shape index (κ3) is 4.27. The summed E-state index contributed by atoms with van der Waals surface area (Å²) >= 11 is 7.95. The van der Waals surface area contributed by atoms with E-state index in [1.807, 2.05) is 30.0 Å². The molecule has 1 unspecified atom stereocenters. The van der Waals surface area contributed by atoms with Crippen LogP contribution in [0.25, 0.3) is 0 Å². The van der Waals surface area contributed by atoms with Gasteiger partial charge in [0.25, 0.3) is 0 Å². The number of thioether (sulfide) groups is 1. The molecule has 0 amide bonds. The molecule has 1 atom stereocenters. The van der Waals surface area contributed by atoms with Gasteiger partial charge in [-0.15, -0.1) is 0 Å². The molecule has 0 radical (unpaired) electrons. The van der Waals surface area contributed by atoms with Crippen LogP contribution >= 0.6 is 23.4 Å². The van der Waals surface area contributed by atoms with Crippen LogP contribution in [0, 0.1) is 6.92 Å². The normalized spacial score (nSPS) is 12.4. The average Bonchev–Trinajstić information content (AvgIpc) is 2.41. The molecule has 2 rings (SSSR count). The monoisotopic (exact) mass is 291 g/mol. The highest BCUT2D eigenvalue weighted by Gasteiger charge is 2.07. The molecule has 3 heteroatoms. The average molecular weight is 292 g/mol. The fourth-order valence-corrected chi connectivity index (χ4v) is 3.23. The van der Waals surface area contributed by atoms with Crippen molar-refractivity contribution in [1.82, 2.24) is 0 Å². The number of rotatable bonds is 5. The van der Waals surface area contributed by atoms with Crippen molar-refractivity contribution in [3.05, 3.63) is 70.2 Å². The zero-order valence-corrected chi connectivity index (χ0v) is 12.5. The Morgan fingerprint density at radius 1 is 1.16 bits per heavy atom. The van der Waals surface area contributed by atoms with E-state index in [9.17, 15) is 0 Å². The molecule has 2 aromatic carbocycles. The second-order valence-electron chi connectivity index (χ2n) is 4.63. The molecule has 0 fully saturated rings. The number of halogens is 1. The van der Waals surface area contributed by atoms with Gasteiger partial charge in [-0.25, -0.2) is 0 Å². The second-order valence-corrected chi connectivity index (χ2v) is 6.06. The van der Waals surface area contributed by atoms with Crippen molar-refractivity contribution in [2.75, 3.05) is 5.75 Å². The molecule has 100 valence electrons. The first kappa shape index (κ1) is 14.4. The van der Waals surface area contributed by atoms with Gasteiger partial charge in [0.2, 0.25) is 0 Å². The molecule has 0 aliphatic carbocycles. The molecule has 2 aromatic rings. The van der Waals surface area contributed by atoms with Gasteiger partial charge in [-0.3, -0.25) is 0 Å². The first-order valence-electron chi connectivity index (χ1n) is 6.30. The van der Waals surface area contributed by atoms with E-state index in [0.717, 1.165) is 16.5 Å². The molecular formula is C16H18ClNS. The SMILES string of the molecule is Cc1cccc(C(N)CSCc2ccccc2Cl)c1. The minimum atomic E-state index is 0.0763. The second kappa shape index (κ2) is 6.99. The van der Waals surface area contributed by atoms with Gasteiger partial charge in [0.05, 0.1) is 0 Å². The molecule has 0 heterocycles. The van der Waals surface area contributed by atoms with Crippen LogP contribution in [0.4, 0.5) is 0 Å². The van der Waals surface area contributed by atoms with Crippen LogP contribution in [0.5, 0.6) is 0 Å². The Balaban J connectivity index is 1.88. The largest absolute Gasteiger partial charge is 0.323 e. The number of aryl methyl sites for hydroxylation is 1. The summed E-state index contributed by atoms with van der Waals surface area (Å²) in [6.45, 7) is 2.09. The maximum atomic E-state index is 6.21. The summed E-state index contributed by atoms with van der Waals surface area (Å²) in [6, 6.07) is 16.4. The van der Waals surface area contributed by atoms with Crippen LogP contribution in [-0.2, 0) is 5.75 Å². The molecule has 2 N–H and O–H groups in total. The molecule has 0 spiro atoms. The van der Waals surface area contributed by atoms with Gasteiger partial charge in [0.15, 0.2) is 0 Å². The standard InChI is InChI=1S/C16H18ClNS/c1-12-5-4-7-13(9-12)16(18)11-19-10-14-6-2-3-8-15(14)17/h2-9,16H,10-11,18H2,1H3. The Kier molecular flexibility index (Phi) is 5.32.